The number of likely N-dealkylation sites (N-methyl/N-ethyl adjacent to an activating group) is 1. The molecule has 0 saturated carbocycles. The lowest BCUT2D eigenvalue weighted by Gasteiger charge is -2.36. The molecule has 2 aliphatic heterocycles. The third-order valence-electron chi connectivity index (χ3n) is 6.62. The van der Waals surface area contributed by atoms with Crippen molar-refractivity contribution in [1.29, 1.82) is 0 Å². The smallest absolute Gasteiger partial charge is 0.317 e. The molecule has 2 N–H and O–H groups in total. The number of carbonyl (C=O) groups excluding carboxylic acids is 1. The fourth-order valence-corrected chi connectivity index (χ4v) is 4.65. The highest BCUT2D eigenvalue weighted by molar-refractivity contribution is 6.04. The number of fused-ring (bicyclic) bond motifs is 1. The molecule has 8 nitrogen and oxygen atoms in total. The van der Waals surface area contributed by atoms with Crippen LogP contribution in [-0.2, 0) is 11.2 Å². The number of nitrogens with one attached hydrogen (secondary N) is 1. The number of hydrazone groups is 1. The van der Waals surface area contributed by atoms with Crippen molar-refractivity contribution in [2.75, 3.05) is 51.6 Å². The lowest BCUT2D eigenvalue weighted by molar-refractivity contribution is -0.139. The summed E-state index contributed by atoms with van der Waals surface area (Å²) in [6.07, 6.45) is 3.46. The van der Waals surface area contributed by atoms with Crippen molar-refractivity contribution in [1.82, 2.24) is 14.8 Å². The Bertz CT molecular complexity index is 1040. The van der Waals surface area contributed by atoms with E-state index in [1.807, 2.05) is 53.6 Å². The summed E-state index contributed by atoms with van der Waals surface area (Å²) in [5.41, 5.74) is 4.57. The molecule has 0 spiro atoms. The molecule has 34 heavy (non-hydrogen) atoms. The first-order valence-electron chi connectivity index (χ1n) is 11.9. The summed E-state index contributed by atoms with van der Waals surface area (Å²) in [7, 11) is 2.12. The Balaban J connectivity index is 1.40. The highest BCUT2D eigenvalue weighted by Gasteiger charge is 2.27. The fraction of sp³-hybridized carbons (Fsp3) is 0.423. The van der Waals surface area contributed by atoms with Gasteiger partial charge < -0.3 is 15.3 Å². The van der Waals surface area contributed by atoms with E-state index in [9.17, 15) is 14.7 Å². The first-order chi connectivity index (χ1) is 16.4. The van der Waals surface area contributed by atoms with E-state index < -0.39 is 5.97 Å². The number of hydrogen-bond donors (Lipinski definition) is 2. The van der Waals surface area contributed by atoms with Gasteiger partial charge in [-0.3, -0.25) is 19.5 Å². The topological polar surface area (TPSA) is 88.5 Å². The Morgan fingerprint density at radius 2 is 1.82 bits per heavy atom. The minimum Gasteiger partial charge on any atom is -0.480 e. The molecule has 180 valence electrons. The highest BCUT2D eigenvalue weighted by atomic mass is 16.4. The minimum atomic E-state index is -0.816. The van der Waals surface area contributed by atoms with Gasteiger partial charge >= 0.3 is 5.97 Å². The number of piperazine rings is 1. The standard InChI is InChI=1S/C26H33N5O3/c1-3-24-23-16-22(9-8-20(23)10-11-30(24)18-25(32)33)28-26(34)21-6-4-19(5-7-21)17-27-31-14-12-29(2)13-15-31/h4-9,16-17,24H,3,10-15,18H2,1-2H3,(H,28,34)(H,32,33). The van der Waals surface area contributed by atoms with Crippen molar-refractivity contribution >= 4 is 23.8 Å². The zero-order chi connectivity index (χ0) is 24.1. The minimum absolute atomic E-state index is 0.0268. The predicted molar refractivity (Wildman–Crippen MR) is 133 cm³/mol. The molecule has 0 bridgehead atoms. The zero-order valence-corrected chi connectivity index (χ0v) is 19.9. The summed E-state index contributed by atoms with van der Waals surface area (Å²) in [6.45, 7) is 6.68. The van der Waals surface area contributed by atoms with Gasteiger partial charge in [-0.1, -0.05) is 25.1 Å². The average Bonchev–Trinajstić information content (AvgIpc) is 2.83. The van der Waals surface area contributed by atoms with Crippen LogP contribution in [-0.4, -0.2) is 84.3 Å². The molecule has 2 aliphatic rings. The second-order valence-corrected chi connectivity index (χ2v) is 9.03. The molecule has 0 aromatic heterocycles. The van der Waals surface area contributed by atoms with Crippen LogP contribution in [0.5, 0.6) is 0 Å². The van der Waals surface area contributed by atoms with Gasteiger partial charge in [-0.2, -0.15) is 5.10 Å². The summed E-state index contributed by atoms with van der Waals surface area (Å²) in [5.74, 6) is -0.989. The van der Waals surface area contributed by atoms with E-state index >= 15 is 0 Å². The summed E-state index contributed by atoms with van der Waals surface area (Å²) in [5, 5.41) is 18.9. The first-order valence-corrected chi connectivity index (χ1v) is 11.9. The zero-order valence-electron chi connectivity index (χ0n) is 19.9. The number of carboxylic acids is 1. The number of rotatable bonds is 7. The van der Waals surface area contributed by atoms with Crippen LogP contribution in [0.15, 0.2) is 47.6 Å². The van der Waals surface area contributed by atoms with Crippen molar-refractivity contribution in [2.45, 2.75) is 25.8 Å². The van der Waals surface area contributed by atoms with Crippen LogP contribution < -0.4 is 5.32 Å². The van der Waals surface area contributed by atoms with Crippen molar-refractivity contribution in [3.05, 3.63) is 64.7 Å². The summed E-state index contributed by atoms with van der Waals surface area (Å²) < 4.78 is 0. The van der Waals surface area contributed by atoms with E-state index in [1.54, 1.807) is 0 Å². The average molecular weight is 464 g/mol. The van der Waals surface area contributed by atoms with Gasteiger partial charge in [0.2, 0.25) is 0 Å². The Hall–Kier alpha value is -3.23. The molecule has 2 aromatic rings. The lowest BCUT2D eigenvalue weighted by Crippen LogP contribution is -2.41. The number of nitrogens with zero attached hydrogens (tertiary/aromatic N) is 4. The van der Waals surface area contributed by atoms with Crippen LogP contribution in [0.1, 0.15) is 46.4 Å². The molecule has 2 heterocycles. The number of benzene rings is 2. The number of hydrogen-bond acceptors (Lipinski definition) is 6. The van der Waals surface area contributed by atoms with Crippen LogP contribution in [0, 0.1) is 0 Å². The molecule has 0 radical (unpaired) electrons. The van der Waals surface area contributed by atoms with Crippen molar-refractivity contribution in [2.24, 2.45) is 5.10 Å². The molecular formula is C26H33N5O3. The third kappa shape index (κ3) is 5.81. The second-order valence-electron chi connectivity index (χ2n) is 9.03. The Labute approximate surface area is 200 Å². The van der Waals surface area contributed by atoms with E-state index in [-0.39, 0.29) is 18.5 Å². The molecule has 1 fully saturated rings. The molecule has 4 rings (SSSR count). The van der Waals surface area contributed by atoms with Gasteiger partial charge in [0, 0.05) is 50.0 Å². The maximum atomic E-state index is 12.8. The van der Waals surface area contributed by atoms with Crippen molar-refractivity contribution < 1.29 is 14.7 Å². The molecule has 2 aromatic carbocycles. The second kappa shape index (κ2) is 10.8. The van der Waals surface area contributed by atoms with Crippen LogP contribution in [0.4, 0.5) is 5.69 Å². The summed E-state index contributed by atoms with van der Waals surface area (Å²) >= 11 is 0. The number of carboxylic acid groups (broad SMARTS) is 1. The van der Waals surface area contributed by atoms with Gasteiger partial charge in [0.1, 0.15) is 0 Å². The molecule has 1 unspecified atom stereocenters. The normalized spacial score (nSPS) is 19.2. The van der Waals surface area contributed by atoms with Gasteiger partial charge in [0.15, 0.2) is 0 Å². The molecule has 0 aliphatic carbocycles. The van der Waals surface area contributed by atoms with Crippen LogP contribution in [0.3, 0.4) is 0 Å². The van der Waals surface area contributed by atoms with E-state index in [0.29, 0.717) is 5.56 Å². The van der Waals surface area contributed by atoms with Crippen LogP contribution >= 0.6 is 0 Å². The molecule has 1 amide bonds. The molecular weight excluding hydrogens is 430 g/mol. The Morgan fingerprint density at radius 3 is 2.50 bits per heavy atom. The van der Waals surface area contributed by atoms with Gasteiger partial charge in [0.25, 0.3) is 5.91 Å². The lowest BCUT2D eigenvalue weighted by atomic mass is 9.90. The van der Waals surface area contributed by atoms with Crippen molar-refractivity contribution in [3.8, 4) is 0 Å². The molecule has 8 heteroatoms. The number of anilines is 1. The number of carbonyl (C=O) groups is 2. The third-order valence-corrected chi connectivity index (χ3v) is 6.62. The van der Waals surface area contributed by atoms with Crippen LogP contribution in [0.25, 0.3) is 0 Å². The maximum Gasteiger partial charge on any atom is 0.317 e. The number of amides is 1. The SMILES string of the molecule is CCC1c2cc(NC(=O)c3ccc(C=NN4CCN(C)CC4)cc3)ccc2CCN1CC(=O)O. The van der Waals surface area contributed by atoms with Gasteiger partial charge in [0.05, 0.1) is 12.8 Å². The monoisotopic (exact) mass is 463 g/mol. The summed E-state index contributed by atoms with van der Waals surface area (Å²) in [6, 6.07) is 13.4. The van der Waals surface area contributed by atoms with Gasteiger partial charge in [-0.25, -0.2) is 0 Å². The fourth-order valence-electron chi connectivity index (χ4n) is 4.65. The summed E-state index contributed by atoms with van der Waals surface area (Å²) in [4.78, 5) is 28.4. The Morgan fingerprint density at radius 1 is 1.09 bits per heavy atom. The molecule has 1 atom stereocenters. The van der Waals surface area contributed by atoms with Gasteiger partial charge in [-0.05, 0) is 60.8 Å². The highest BCUT2D eigenvalue weighted by Crippen LogP contribution is 2.33. The van der Waals surface area contributed by atoms with E-state index in [0.717, 1.165) is 62.4 Å². The van der Waals surface area contributed by atoms with E-state index in [4.69, 9.17) is 0 Å². The maximum absolute atomic E-state index is 12.8. The van der Waals surface area contributed by atoms with Gasteiger partial charge in [-0.15, -0.1) is 0 Å². The van der Waals surface area contributed by atoms with Crippen LogP contribution in [0.2, 0.25) is 0 Å². The van der Waals surface area contributed by atoms with Crippen molar-refractivity contribution in [3.63, 3.8) is 0 Å². The molecule has 1 saturated heterocycles. The first kappa shape index (κ1) is 23.9. The number of aliphatic carboxylic acids is 1. The Kier molecular flexibility index (Phi) is 7.59. The largest absolute Gasteiger partial charge is 0.480 e. The quantitative estimate of drug-likeness (QED) is 0.614. The van der Waals surface area contributed by atoms with E-state index in [2.05, 4.69) is 34.3 Å². The predicted octanol–water partition coefficient (Wildman–Crippen LogP) is 2.91. The van der Waals surface area contributed by atoms with E-state index in [1.165, 1.54) is 5.56 Å².